The van der Waals surface area contributed by atoms with Gasteiger partial charge < -0.3 is 20.1 Å². The molecule has 0 aromatic carbocycles. The average Bonchev–Trinajstić information content (AvgIpc) is 2.84. The summed E-state index contributed by atoms with van der Waals surface area (Å²) in [5, 5.41) is 0. The Kier molecular flexibility index (Phi) is 2.99. The minimum atomic E-state index is -0.803. The lowest BCUT2D eigenvalue weighted by atomic mass is 9.47. The molecule has 0 aromatic heterocycles. The maximum Gasteiger partial charge on any atom is 0.244 e. The molecular weight excluding hydrogens is 256 g/mol. The predicted octanol–water partition coefficient (Wildman–Crippen LogP) is 0.766. The summed E-state index contributed by atoms with van der Waals surface area (Å²) in [6.07, 6.45) is 1.02. The van der Waals surface area contributed by atoms with Gasteiger partial charge in [0.2, 0.25) is 5.91 Å². The number of carbonyl (C=O) groups excluding carboxylic acids is 1. The Morgan fingerprint density at radius 3 is 2.60 bits per heavy atom. The van der Waals surface area contributed by atoms with Crippen LogP contribution in [0.4, 0.5) is 0 Å². The molecule has 0 spiro atoms. The summed E-state index contributed by atoms with van der Waals surface area (Å²) in [6.45, 7) is 10.7. The first-order valence-electron chi connectivity index (χ1n) is 7.53. The summed E-state index contributed by atoms with van der Waals surface area (Å²) in [5.74, 6) is 0.228. The average molecular weight is 282 g/mol. The molecule has 0 aromatic rings. The SMILES string of the molecule is CC1(C)COCCN1C(=O)C1(N)C2CCOC2C1(C)C. The van der Waals surface area contributed by atoms with Crippen molar-refractivity contribution in [1.82, 2.24) is 4.90 Å². The Bertz CT molecular complexity index is 435. The van der Waals surface area contributed by atoms with E-state index >= 15 is 0 Å². The lowest BCUT2D eigenvalue weighted by Gasteiger charge is -2.63. The van der Waals surface area contributed by atoms with Crippen molar-refractivity contribution in [2.24, 2.45) is 17.1 Å². The van der Waals surface area contributed by atoms with Crippen LogP contribution in [0.5, 0.6) is 0 Å². The summed E-state index contributed by atoms with van der Waals surface area (Å²) in [6, 6.07) is 0. The summed E-state index contributed by atoms with van der Waals surface area (Å²) in [7, 11) is 0. The monoisotopic (exact) mass is 282 g/mol. The van der Waals surface area contributed by atoms with E-state index in [0.717, 1.165) is 13.0 Å². The number of morpholine rings is 1. The molecule has 3 rings (SSSR count). The second kappa shape index (κ2) is 4.18. The van der Waals surface area contributed by atoms with Crippen LogP contribution >= 0.6 is 0 Å². The van der Waals surface area contributed by atoms with Crippen molar-refractivity contribution in [1.29, 1.82) is 0 Å². The third-order valence-corrected chi connectivity index (χ3v) is 5.70. The van der Waals surface area contributed by atoms with Gasteiger partial charge in [0.25, 0.3) is 0 Å². The summed E-state index contributed by atoms with van der Waals surface area (Å²) in [4.78, 5) is 15.1. The zero-order valence-electron chi connectivity index (χ0n) is 12.9. The van der Waals surface area contributed by atoms with Crippen LogP contribution in [-0.2, 0) is 14.3 Å². The molecule has 3 atom stereocenters. The third-order valence-electron chi connectivity index (χ3n) is 5.70. The normalized spacial score (nSPS) is 42.0. The van der Waals surface area contributed by atoms with Gasteiger partial charge in [-0.05, 0) is 20.3 Å². The van der Waals surface area contributed by atoms with Gasteiger partial charge in [0, 0.05) is 24.5 Å². The van der Waals surface area contributed by atoms with Crippen molar-refractivity contribution in [3.63, 3.8) is 0 Å². The molecule has 1 amide bonds. The van der Waals surface area contributed by atoms with Crippen LogP contribution in [0.1, 0.15) is 34.1 Å². The second-order valence-corrected chi connectivity index (χ2v) is 7.60. The number of amides is 1. The fourth-order valence-electron chi connectivity index (χ4n) is 4.28. The van der Waals surface area contributed by atoms with E-state index in [2.05, 4.69) is 13.8 Å². The molecule has 2 saturated heterocycles. The first-order chi connectivity index (χ1) is 9.23. The van der Waals surface area contributed by atoms with Gasteiger partial charge in [-0.3, -0.25) is 4.79 Å². The van der Waals surface area contributed by atoms with E-state index in [-0.39, 0.29) is 28.9 Å². The Hall–Kier alpha value is -0.650. The molecule has 0 radical (unpaired) electrons. The molecule has 2 heterocycles. The van der Waals surface area contributed by atoms with Crippen LogP contribution in [0.3, 0.4) is 0 Å². The van der Waals surface area contributed by atoms with Crippen LogP contribution < -0.4 is 5.73 Å². The number of hydrogen-bond donors (Lipinski definition) is 1. The maximum absolute atomic E-state index is 13.2. The molecule has 3 aliphatic rings. The van der Waals surface area contributed by atoms with Crippen molar-refractivity contribution in [2.75, 3.05) is 26.4 Å². The molecule has 1 saturated carbocycles. The first kappa shape index (κ1) is 14.3. The first-order valence-corrected chi connectivity index (χ1v) is 7.53. The van der Waals surface area contributed by atoms with Crippen LogP contribution in [0.2, 0.25) is 0 Å². The van der Waals surface area contributed by atoms with Gasteiger partial charge in [-0.2, -0.15) is 0 Å². The largest absolute Gasteiger partial charge is 0.377 e. The molecule has 2 aliphatic heterocycles. The highest BCUT2D eigenvalue weighted by Crippen LogP contribution is 2.59. The lowest BCUT2D eigenvalue weighted by molar-refractivity contribution is -0.194. The second-order valence-electron chi connectivity index (χ2n) is 7.60. The summed E-state index contributed by atoms with van der Waals surface area (Å²) in [5.41, 5.74) is 5.25. The molecule has 20 heavy (non-hydrogen) atoms. The zero-order valence-corrected chi connectivity index (χ0v) is 12.9. The lowest BCUT2D eigenvalue weighted by Crippen LogP contribution is -2.81. The minimum absolute atomic E-state index is 0.0718. The van der Waals surface area contributed by atoms with Gasteiger partial charge in [0.15, 0.2) is 0 Å². The molecule has 5 heteroatoms. The van der Waals surface area contributed by atoms with E-state index in [1.165, 1.54) is 0 Å². The highest BCUT2D eigenvalue weighted by Gasteiger charge is 2.72. The van der Waals surface area contributed by atoms with Crippen molar-refractivity contribution in [3.8, 4) is 0 Å². The van der Waals surface area contributed by atoms with Crippen molar-refractivity contribution in [2.45, 2.75) is 51.3 Å². The number of nitrogens with two attached hydrogens (primary N) is 1. The molecule has 3 unspecified atom stereocenters. The van der Waals surface area contributed by atoms with Crippen molar-refractivity contribution >= 4 is 5.91 Å². The molecule has 114 valence electrons. The van der Waals surface area contributed by atoms with Gasteiger partial charge in [-0.25, -0.2) is 0 Å². The summed E-state index contributed by atoms with van der Waals surface area (Å²) < 4.78 is 11.3. The quantitative estimate of drug-likeness (QED) is 0.771. The van der Waals surface area contributed by atoms with E-state index in [1.807, 2.05) is 18.7 Å². The standard InChI is InChI=1S/C15H26N2O3/c1-13(2)9-19-8-6-17(13)12(18)15(16)10-5-7-20-11(10)14(15,3)4/h10-11H,5-9,16H2,1-4H3. The smallest absolute Gasteiger partial charge is 0.244 e. The fourth-order valence-corrected chi connectivity index (χ4v) is 4.28. The highest BCUT2D eigenvalue weighted by atomic mass is 16.5. The minimum Gasteiger partial charge on any atom is -0.377 e. The predicted molar refractivity (Wildman–Crippen MR) is 75.2 cm³/mol. The summed E-state index contributed by atoms with van der Waals surface area (Å²) >= 11 is 0. The van der Waals surface area contributed by atoms with Crippen molar-refractivity contribution < 1.29 is 14.3 Å². The third kappa shape index (κ3) is 1.57. The Labute approximate surface area is 120 Å². The maximum atomic E-state index is 13.2. The van der Waals surface area contributed by atoms with Gasteiger partial charge in [-0.15, -0.1) is 0 Å². The molecule has 3 fully saturated rings. The van der Waals surface area contributed by atoms with Gasteiger partial charge in [0.1, 0.15) is 5.54 Å². The number of hydrogen-bond acceptors (Lipinski definition) is 4. The van der Waals surface area contributed by atoms with Gasteiger partial charge in [0.05, 0.1) is 24.9 Å². The number of ether oxygens (including phenoxy) is 2. The molecular formula is C15H26N2O3. The number of fused-ring (bicyclic) bond motifs is 1. The van der Waals surface area contributed by atoms with E-state index < -0.39 is 5.54 Å². The topological polar surface area (TPSA) is 64.8 Å². The van der Waals surface area contributed by atoms with E-state index in [9.17, 15) is 4.79 Å². The molecule has 1 aliphatic carbocycles. The van der Waals surface area contributed by atoms with Crippen LogP contribution in [0.15, 0.2) is 0 Å². The Morgan fingerprint density at radius 1 is 1.25 bits per heavy atom. The van der Waals surface area contributed by atoms with E-state index in [1.54, 1.807) is 0 Å². The number of nitrogens with zero attached hydrogens (tertiary/aromatic N) is 1. The van der Waals surface area contributed by atoms with Crippen LogP contribution in [0, 0.1) is 11.3 Å². The highest BCUT2D eigenvalue weighted by molar-refractivity contribution is 5.90. The van der Waals surface area contributed by atoms with Crippen LogP contribution in [-0.4, -0.2) is 54.4 Å². The van der Waals surface area contributed by atoms with Crippen molar-refractivity contribution in [3.05, 3.63) is 0 Å². The number of rotatable bonds is 1. The van der Waals surface area contributed by atoms with E-state index in [0.29, 0.717) is 19.8 Å². The number of carbonyl (C=O) groups is 1. The molecule has 5 nitrogen and oxygen atoms in total. The zero-order chi connectivity index (χ0) is 14.8. The van der Waals surface area contributed by atoms with Gasteiger partial charge >= 0.3 is 0 Å². The molecule has 0 bridgehead atoms. The Morgan fingerprint density at radius 2 is 1.95 bits per heavy atom. The van der Waals surface area contributed by atoms with Gasteiger partial charge in [-0.1, -0.05) is 13.8 Å². The van der Waals surface area contributed by atoms with E-state index in [4.69, 9.17) is 15.2 Å². The van der Waals surface area contributed by atoms with Crippen LogP contribution in [0.25, 0.3) is 0 Å². The fraction of sp³-hybridized carbons (Fsp3) is 0.933. The Balaban J connectivity index is 1.90. The molecule has 2 N–H and O–H groups in total.